The summed E-state index contributed by atoms with van der Waals surface area (Å²) in [7, 11) is 0. The van der Waals surface area contributed by atoms with E-state index in [2.05, 4.69) is 79.7 Å². The quantitative estimate of drug-likeness (QED) is 0.221. The molecule has 0 bridgehead atoms. The lowest BCUT2D eigenvalue weighted by Crippen LogP contribution is -1.98. The Hall–Kier alpha value is -3.92. The summed E-state index contributed by atoms with van der Waals surface area (Å²) in [5.74, 6) is 1.58. The van der Waals surface area contributed by atoms with E-state index in [9.17, 15) is 10.2 Å². The fourth-order valence-corrected chi connectivity index (χ4v) is 4.85. The van der Waals surface area contributed by atoms with E-state index in [1.54, 1.807) is 12.4 Å². The van der Waals surface area contributed by atoms with Crippen molar-refractivity contribution in [2.45, 2.75) is 79.1 Å². The Labute approximate surface area is 239 Å². The molecule has 0 aliphatic carbocycles. The number of phenols is 2. The van der Waals surface area contributed by atoms with Crippen molar-refractivity contribution in [3.63, 3.8) is 0 Å². The van der Waals surface area contributed by atoms with Gasteiger partial charge in [0.1, 0.15) is 11.5 Å². The Morgan fingerprint density at radius 1 is 0.525 bits per heavy atom. The third-order valence-corrected chi connectivity index (χ3v) is 7.49. The molecule has 4 aromatic rings. The molecule has 4 nitrogen and oxygen atoms in total. The minimum atomic E-state index is 0.191. The van der Waals surface area contributed by atoms with Gasteiger partial charge in [-0.2, -0.15) is 0 Å². The van der Waals surface area contributed by atoms with E-state index in [0.717, 1.165) is 21.9 Å². The first-order valence-corrected chi connectivity index (χ1v) is 14.3. The third kappa shape index (κ3) is 6.28. The Morgan fingerprint density at radius 3 is 1.23 bits per heavy atom. The highest BCUT2D eigenvalue weighted by Gasteiger charge is 2.15. The van der Waals surface area contributed by atoms with Gasteiger partial charge in [0, 0.05) is 23.6 Å². The van der Waals surface area contributed by atoms with Gasteiger partial charge in [0.25, 0.3) is 0 Å². The minimum Gasteiger partial charge on any atom is -0.507 e. The Bertz CT molecular complexity index is 1460. The number of aliphatic imine (C=N–C) groups is 2. The fraction of sp³-hybridized carbons (Fsp3) is 0.333. The molecule has 208 valence electrons. The van der Waals surface area contributed by atoms with Crippen LogP contribution in [0.2, 0.25) is 0 Å². The van der Waals surface area contributed by atoms with E-state index in [1.165, 1.54) is 11.1 Å². The van der Waals surface area contributed by atoms with Crippen LogP contribution in [0.5, 0.6) is 11.5 Å². The van der Waals surface area contributed by atoms with Crippen LogP contribution >= 0.6 is 0 Å². The summed E-state index contributed by atoms with van der Waals surface area (Å²) in [6.07, 6.45) is 3.48. The van der Waals surface area contributed by atoms with Gasteiger partial charge in [-0.25, -0.2) is 0 Å². The molecular formula is C36H42N2O2. The maximum atomic E-state index is 11.1. The maximum Gasteiger partial charge on any atom is 0.127 e. The van der Waals surface area contributed by atoms with Gasteiger partial charge in [-0.15, -0.1) is 0 Å². The molecule has 4 aromatic carbocycles. The monoisotopic (exact) mass is 534 g/mol. The van der Waals surface area contributed by atoms with Crippen molar-refractivity contribution in [2.75, 3.05) is 0 Å². The minimum absolute atomic E-state index is 0.191. The highest BCUT2D eigenvalue weighted by atomic mass is 16.3. The Kier molecular flexibility index (Phi) is 8.78. The molecule has 0 spiro atoms. The number of fused-ring (bicyclic) bond motifs is 1. The molecule has 0 radical (unpaired) electrons. The van der Waals surface area contributed by atoms with Crippen LogP contribution in [-0.4, -0.2) is 22.6 Å². The number of phenolic OH excluding ortho intramolecular Hbond substituents is 2. The summed E-state index contributed by atoms with van der Waals surface area (Å²) in [6, 6.07) is 20.4. The molecule has 0 aliphatic heterocycles. The lowest BCUT2D eigenvalue weighted by molar-refractivity contribution is 0.463. The predicted octanol–water partition coefficient (Wildman–Crippen LogP) is 10.2. The number of aromatic hydroxyl groups is 2. The molecule has 0 aliphatic rings. The van der Waals surface area contributed by atoms with Crippen molar-refractivity contribution in [2.24, 2.45) is 9.98 Å². The molecule has 0 fully saturated rings. The first kappa shape index (κ1) is 29.1. The van der Waals surface area contributed by atoms with Crippen molar-refractivity contribution in [1.29, 1.82) is 0 Å². The van der Waals surface area contributed by atoms with Gasteiger partial charge in [-0.1, -0.05) is 91.8 Å². The zero-order valence-corrected chi connectivity index (χ0v) is 25.0. The molecular weight excluding hydrogens is 492 g/mol. The van der Waals surface area contributed by atoms with Gasteiger partial charge in [-0.05, 0) is 81.0 Å². The summed E-state index contributed by atoms with van der Waals surface area (Å²) in [5, 5.41) is 24.2. The lowest BCUT2D eigenvalue weighted by atomic mass is 9.92. The molecule has 4 rings (SSSR count). The van der Waals surface area contributed by atoms with E-state index in [4.69, 9.17) is 9.98 Å². The van der Waals surface area contributed by atoms with Crippen LogP contribution in [0.1, 0.15) is 112 Å². The third-order valence-electron chi connectivity index (χ3n) is 7.49. The molecule has 0 saturated heterocycles. The standard InChI is InChI=1S/C36H42N2O2/c1-21(2)27-13-29(35(39)31(15-27)23(5)6)19-37-33-17-25-11-9-10-12-26(25)18-34(33)38-20-30-14-28(22(3)4)16-32(24(7)8)36(30)40/h9-24,39-40H,1-8H3. The van der Waals surface area contributed by atoms with Crippen molar-refractivity contribution in [1.82, 2.24) is 0 Å². The Balaban J connectivity index is 1.84. The highest BCUT2D eigenvalue weighted by Crippen LogP contribution is 2.37. The first-order chi connectivity index (χ1) is 19.0. The summed E-state index contributed by atoms with van der Waals surface area (Å²) in [4.78, 5) is 9.71. The molecule has 2 N–H and O–H groups in total. The van der Waals surface area contributed by atoms with E-state index in [1.807, 2.05) is 36.4 Å². The molecule has 0 saturated carbocycles. The molecule has 0 aromatic heterocycles. The van der Waals surface area contributed by atoms with Gasteiger partial charge in [0.05, 0.1) is 11.4 Å². The van der Waals surface area contributed by atoms with Crippen molar-refractivity contribution < 1.29 is 10.2 Å². The molecule has 40 heavy (non-hydrogen) atoms. The summed E-state index contributed by atoms with van der Waals surface area (Å²) in [5.41, 5.74) is 6.96. The van der Waals surface area contributed by atoms with Crippen molar-refractivity contribution in [3.8, 4) is 11.5 Å². The predicted molar refractivity (Wildman–Crippen MR) is 171 cm³/mol. The van der Waals surface area contributed by atoms with Crippen LogP contribution in [-0.2, 0) is 0 Å². The topological polar surface area (TPSA) is 65.2 Å². The van der Waals surface area contributed by atoms with Crippen molar-refractivity contribution >= 4 is 34.6 Å². The van der Waals surface area contributed by atoms with Gasteiger partial charge in [0.15, 0.2) is 0 Å². The number of nitrogens with zero attached hydrogens (tertiary/aromatic N) is 2. The van der Waals surface area contributed by atoms with E-state index >= 15 is 0 Å². The molecule has 0 unspecified atom stereocenters. The average molecular weight is 535 g/mol. The fourth-order valence-electron chi connectivity index (χ4n) is 4.85. The molecule has 0 amide bonds. The molecule has 0 heterocycles. The second kappa shape index (κ2) is 12.1. The number of hydrogen-bond acceptors (Lipinski definition) is 4. The SMILES string of the molecule is CC(C)c1cc(C=Nc2cc3ccccc3cc2N=Cc2cc(C(C)C)cc(C(C)C)c2O)c(O)c(C(C)C)c1. The highest BCUT2D eigenvalue weighted by molar-refractivity contribution is 5.96. The number of benzene rings is 4. The smallest absolute Gasteiger partial charge is 0.127 e. The first-order valence-electron chi connectivity index (χ1n) is 14.3. The van der Waals surface area contributed by atoms with Crippen molar-refractivity contribution in [3.05, 3.63) is 94.0 Å². The second-order valence-corrected chi connectivity index (χ2v) is 11.9. The summed E-state index contributed by atoms with van der Waals surface area (Å²) in [6.45, 7) is 17.0. The van der Waals surface area contributed by atoms with Gasteiger partial charge < -0.3 is 10.2 Å². The Morgan fingerprint density at radius 2 is 0.900 bits per heavy atom. The van der Waals surface area contributed by atoms with Crippen LogP contribution in [0.3, 0.4) is 0 Å². The largest absolute Gasteiger partial charge is 0.507 e. The normalized spacial score (nSPS) is 12.4. The maximum absolute atomic E-state index is 11.1. The second-order valence-electron chi connectivity index (χ2n) is 11.9. The summed E-state index contributed by atoms with van der Waals surface area (Å²) < 4.78 is 0. The number of rotatable bonds is 8. The van der Waals surface area contributed by atoms with Gasteiger partial charge in [-0.3, -0.25) is 9.98 Å². The zero-order chi connectivity index (χ0) is 29.1. The van der Waals surface area contributed by atoms with Crippen LogP contribution in [0.4, 0.5) is 11.4 Å². The molecule has 0 atom stereocenters. The van der Waals surface area contributed by atoms with Gasteiger partial charge >= 0.3 is 0 Å². The van der Waals surface area contributed by atoms with Crippen LogP contribution in [0.25, 0.3) is 10.8 Å². The van der Waals surface area contributed by atoms with Gasteiger partial charge in [0.2, 0.25) is 0 Å². The molecule has 4 heteroatoms. The number of hydrogen-bond donors (Lipinski definition) is 2. The van der Waals surface area contributed by atoms with E-state index in [0.29, 0.717) is 34.3 Å². The zero-order valence-electron chi connectivity index (χ0n) is 25.0. The average Bonchev–Trinajstić information content (AvgIpc) is 2.90. The lowest BCUT2D eigenvalue weighted by Gasteiger charge is -2.16. The van der Waals surface area contributed by atoms with Crippen LogP contribution < -0.4 is 0 Å². The van der Waals surface area contributed by atoms with E-state index < -0.39 is 0 Å². The van der Waals surface area contributed by atoms with Crippen LogP contribution in [0.15, 0.2) is 70.6 Å². The summed E-state index contributed by atoms with van der Waals surface area (Å²) >= 11 is 0. The van der Waals surface area contributed by atoms with E-state index in [-0.39, 0.29) is 23.3 Å². The van der Waals surface area contributed by atoms with Crippen LogP contribution in [0, 0.1) is 0 Å².